The number of hydrogen-bond acceptors (Lipinski definition) is 2. The highest BCUT2D eigenvalue weighted by Crippen LogP contribution is 2.73. The van der Waals surface area contributed by atoms with Crippen molar-refractivity contribution in [3.8, 4) is 0 Å². The summed E-state index contributed by atoms with van der Waals surface area (Å²) in [5.74, 6) is 2.24. The van der Waals surface area contributed by atoms with Gasteiger partial charge in [-0.2, -0.15) is 0 Å². The molecule has 0 unspecified atom stereocenters. The molecule has 0 radical (unpaired) electrons. The van der Waals surface area contributed by atoms with Crippen LogP contribution in [0.3, 0.4) is 0 Å². The van der Waals surface area contributed by atoms with E-state index in [1.165, 1.54) is 44.8 Å². The molecule has 0 aromatic heterocycles. The van der Waals surface area contributed by atoms with Crippen LogP contribution in [0.4, 0.5) is 0 Å². The molecule has 3 fully saturated rings. The van der Waals surface area contributed by atoms with Gasteiger partial charge in [-0.25, -0.2) is 4.79 Å². The van der Waals surface area contributed by atoms with Crippen LogP contribution in [0.1, 0.15) is 65.7 Å². The SMILES string of the molecule is C=C1CC[C@H]2[C@](C)(CC[C@H]3C[C@]32C)[C@H]1CC/C(C)=C/C(=O)OC. The molecule has 0 bridgehead atoms. The van der Waals surface area contributed by atoms with E-state index in [4.69, 9.17) is 4.74 Å². The first kappa shape index (κ1) is 16.8. The average molecular weight is 316 g/mol. The topological polar surface area (TPSA) is 26.3 Å². The van der Waals surface area contributed by atoms with E-state index in [-0.39, 0.29) is 5.97 Å². The summed E-state index contributed by atoms with van der Waals surface area (Å²) in [5, 5.41) is 0. The molecule has 2 nitrogen and oxygen atoms in total. The predicted molar refractivity (Wildman–Crippen MR) is 93.9 cm³/mol. The standard InChI is InChI=1S/C21H32O2/c1-14(12-19(22)23-5)6-8-17-15(2)7-9-18-20(17,3)11-10-16-13-21(16,18)4/h12,16-18H,2,6-11,13H2,1,3-5H3/b14-12+/t16-,17-,18-,20+,21+/m0/s1. The van der Waals surface area contributed by atoms with Crippen molar-refractivity contribution in [2.24, 2.45) is 28.6 Å². The Balaban J connectivity index is 1.73. The number of rotatable bonds is 4. The number of carbonyl (C=O) groups excluding carboxylic acids is 1. The molecule has 3 aliphatic rings. The molecule has 0 amide bonds. The Kier molecular flexibility index (Phi) is 4.23. The number of methoxy groups -OCH3 is 1. The van der Waals surface area contributed by atoms with Crippen molar-refractivity contribution < 1.29 is 9.53 Å². The van der Waals surface area contributed by atoms with E-state index >= 15 is 0 Å². The van der Waals surface area contributed by atoms with Crippen LogP contribution in [-0.2, 0) is 9.53 Å². The van der Waals surface area contributed by atoms with Crippen molar-refractivity contribution >= 4 is 5.97 Å². The first-order valence-electron chi connectivity index (χ1n) is 9.24. The molecule has 3 rings (SSSR count). The minimum Gasteiger partial charge on any atom is -0.466 e. The summed E-state index contributed by atoms with van der Waals surface area (Å²) in [4.78, 5) is 11.4. The van der Waals surface area contributed by atoms with Crippen molar-refractivity contribution in [3.63, 3.8) is 0 Å². The smallest absolute Gasteiger partial charge is 0.330 e. The van der Waals surface area contributed by atoms with E-state index in [2.05, 4.69) is 20.4 Å². The second-order valence-corrected chi connectivity index (χ2v) is 8.81. The van der Waals surface area contributed by atoms with Gasteiger partial charge in [0.25, 0.3) is 0 Å². The molecule has 0 saturated heterocycles. The maximum atomic E-state index is 11.4. The molecule has 0 heterocycles. The number of carbonyl (C=O) groups is 1. The van der Waals surface area contributed by atoms with E-state index in [1.54, 1.807) is 6.08 Å². The largest absolute Gasteiger partial charge is 0.466 e. The monoisotopic (exact) mass is 316 g/mol. The molecule has 0 N–H and O–H groups in total. The summed E-state index contributed by atoms with van der Waals surface area (Å²) < 4.78 is 4.74. The van der Waals surface area contributed by atoms with Crippen LogP contribution in [0.5, 0.6) is 0 Å². The summed E-state index contributed by atoms with van der Waals surface area (Å²) in [5.41, 5.74) is 3.62. The number of esters is 1. The maximum absolute atomic E-state index is 11.4. The lowest BCUT2D eigenvalue weighted by Crippen LogP contribution is -2.46. The average Bonchev–Trinajstić information content (AvgIpc) is 3.17. The van der Waals surface area contributed by atoms with Gasteiger partial charge in [-0.15, -0.1) is 0 Å². The molecule has 128 valence electrons. The van der Waals surface area contributed by atoms with Gasteiger partial charge in [-0.1, -0.05) is 31.6 Å². The molecule has 0 spiro atoms. The van der Waals surface area contributed by atoms with Crippen LogP contribution in [0.2, 0.25) is 0 Å². The summed E-state index contributed by atoms with van der Waals surface area (Å²) in [6, 6.07) is 0. The Hall–Kier alpha value is -1.05. The van der Waals surface area contributed by atoms with Crippen LogP contribution >= 0.6 is 0 Å². The molecule has 3 aliphatic carbocycles. The van der Waals surface area contributed by atoms with Gasteiger partial charge >= 0.3 is 5.97 Å². The molecule has 23 heavy (non-hydrogen) atoms. The summed E-state index contributed by atoms with van der Waals surface area (Å²) in [7, 11) is 1.44. The van der Waals surface area contributed by atoms with Crippen LogP contribution in [0.15, 0.2) is 23.8 Å². The van der Waals surface area contributed by atoms with Crippen LogP contribution in [-0.4, -0.2) is 13.1 Å². The fourth-order valence-corrected chi connectivity index (χ4v) is 6.03. The normalized spacial score (nSPS) is 42.7. The molecule has 0 aliphatic heterocycles. The minimum atomic E-state index is -0.236. The van der Waals surface area contributed by atoms with E-state index in [0.29, 0.717) is 16.7 Å². The Labute approximate surface area is 141 Å². The zero-order valence-electron chi connectivity index (χ0n) is 15.3. The molecule has 3 saturated carbocycles. The summed E-state index contributed by atoms with van der Waals surface area (Å²) >= 11 is 0. The van der Waals surface area contributed by atoms with Gasteiger partial charge in [0.2, 0.25) is 0 Å². The predicted octanol–water partition coefficient (Wildman–Crippen LogP) is 5.29. The first-order valence-corrected chi connectivity index (χ1v) is 9.24. The first-order chi connectivity index (χ1) is 10.8. The second kappa shape index (κ2) is 5.79. The van der Waals surface area contributed by atoms with Crippen molar-refractivity contribution in [1.29, 1.82) is 0 Å². The Morgan fingerprint density at radius 1 is 1.35 bits per heavy atom. The number of ether oxygens (including phenoxy) is 1. The van der Waals surface area contributed by atoms with Crippen LogP contribution in [0.25, 0.3) is 0 Å². The van der Waals surface area contributed by atoms with Crippen LogP contribution < -0.4 is 0 Å². The third-order valence-corrected chi connectivity index (χ3v) is 7.52. The lowest BCUT2D eigenvalue weighted by Gasteiger charge is -2.54. The van der Waals surface area contributed by atoms with E-state index < -0.39 is 0 Å². The van der Waals surface area contributed by atoms with Gasteiger partial charge in [0.05, 0.1) is 7.11 Å². The van der Waals surface area contributed by atoms with Gasteiger partial charge in [0.1, 0.15) is 0 Å². The third kappa shape index (κ3) is 2.79. The molecule has 0 aromatic rings. The summed E-state index contributed by atoms with van der Waals surface area (Å²) in [6.45, 7) is 11.5. The highest BCUT2D eigenvalue weighted by Gasteiger charge is 2.64. The molecule has 5 atom stereocenters. The Morgan fingerprint density at radius 3 is 2.78 bits per heavy atom. The molecular weight excluding hydrogens is 284 g/mol. The molecule has 0 aromatic carbocycles. The maximum Gasteiger partial charge on any atom is 0.330 e. The van der Waals surface area contributed by atoms with E-state index in [9.17, 15) is 4.79 Å². The fraction of sp³-hybridized carbons (Fsp3) is 0.762. The number of allylic oxidation sites excluding steroid dienone is 2. The highest BCUT2D eigenvalue weighted by molar-refractivity contribution is 5.82. The van der Waals surface area contributed by atoms with Crippen molar-refractivity contribution in [3.05, 3.63) is 23.8 Å². The van der Waals surface area contributed by atoms with Gasteiger partial charge in [0, 0.05) is 6.08 Å². The number of hydrogen-bond donors (Lipinski definition) is 0. The summed E-state index contributed by atoms with van der Waals surface area (Å²) in [6.07, 6.45) is 10.5. The van der Waals surface area contributed by atoms with Crippen molar-refractivity contribution in [2.75, 3.05) is 7.11 Å². The molecular formula is C21H32O2. The quantitative estimate of drug-likeness (QED) is 0.400. The van der Waals surface area contributed by atoms with Crippen molar-refractivity contribution in [1.82, 2.24) is 0 Å². The zero-order chi connectivity index (χ0) is 16.8. The van der Waals surface area contributed by atoms with E-state index in [1.807, 2.05) is 6.92 Å². The highest BCUT2D eigenvalue weighted by atomic mass is 16.5. The van der Waals surface area contributed by atoms with Gasteiger partial charge < -0.3 is 4.74 Å². The zero-order valence-corrected chi connectivity index (χ0v) is 15.3. The Morgan fingerprint density at radius 2 is 2.09 bits per heavy atom. The van der Waals surface area contributed by atoms with Crippen LogP contribution in [0, 0.1) is 28.6 Å². The lowest BCUT2D eigenvalue weighted by molar-refractivity contribution is -0.134. The minimum absolute atomic E-state index is 0.236. The lowest BCUT2D eigenvalue weighted by atomic mass is 9.50. The molecule has 2 heteroatoms. The van der Waals surface area contributed by atoms with E-state index in [0.717, 1.165) is 30.3 Å². The van der Waals surface area contributed by atoms with Gasteiger partial charge in [0.15, 0.2) is 0 Å². The van der Waals surface area contributed by atoms with Gasteiger partial charge in [-0.3, -0.25) is 0 Å². The van der Waals surface area contributed by atoms with Crippen molar-refractivity contribution in [2.45, 2.75) is 65.7 Å². The van der Waals surface area contributed by atoms with Gasteiger partial charge in [-0.05, 0) is 80.5 Å². The number of fused-ring (bicyclic) bond motifs is 3. The third-order valence-electron chi connectivity index (χ3n) is 7.52. The Bertz CT molecular complexity index is 546. The fourth-order valence-electron chi connectivity index (χ4n) is 6.03. The second-order valence-electron chi connectivity index (χ2n) is 8.81.